The maximum atomic E-state index is 12.6. The number of thiazole rings is 1. The van der Waals surface area contributed by atoms with E-state index in [-0.39, 0.29) is 18.6 Å². The zero-order chi connectivity index (χ0) is 22.5. The van der Waals surface area contributed by atoms with E-state index in [0.717, 1.165) is 10.5 Å². The van der Waals surface area contributed by atoms with Crippen LogP contribution in [-0.2, 0) is 25.5 Å². The van der Waals surface area contributed by atoms with Gasteiger partial charge in [0.2, 0.25) is 0 Å². The highest BCUT2D eigenvalue weighted by molar-refractivity contribution is 7.15. The maximum Gasteiger partial charge on any atom is 0.341 e. The van der Waals surface area contributed by atoms with Crippen LogP contribution in [0.2, 0.25) is 0 Å². The SMILES string of the molecule is CCOC(=O)c1c(-c2ccccc2)csc1NC(=O)COC(=O)Cc1cn2ccsc2n1. The molecule has 0 saturated carbocycles. The average molecular weight is 470 g/mol. The Hall–Kier alpha value is -3.50. The van der Waals surface area contributed by atoms with Gasteiger partial charge in [0, 0.05) is 28.7 Å². The molecule has 0 spiro atoms. The fourth-order valence-electron chi connectivity index (χ4n) is 3.05. The highest BCUT2D eigenvalue weighted by Crippen LogP contribution is 2.36. The van der Waals surface area contributed by atoms with Crippen LogP contribution in [0.15, 0.2) is 53.5 Å². The number of carbonyl (C=O) groups is 3. The summed E-state index contributed by atoms with van der Waals surface area (Å²) in [7, 11) is 0. The standard InChI is InChI=1S/C22H19N3O5S2/c1-2-29-21(28)19-16(14-6-4-3-5-7-14)13-32-20(19)24-17(26)12-30-18(27)10-15-11-25-8-9-31-22(25)23-15/h3-9,11,13H,2,10,12H2,1H3,(H,24,26). The summed E-state index contributed by atoms with van der Waals surface area (Å²) in [5.74, 6) is -1.64. The van der Waals surface area contributed by atoms with Gasteiger partial charge < -0.3 is 14.8 Å². The lowest BCUT2D eigenvalue weighted by Crippen LogP contribution is -2.22. The predicted molar refractivity (Wildman–Crippen MR) is 122 cm³/mol. The second-order valence-corrected chi connectivity index (χ2v) is 8.40. The molecule has 1 N–H and O–H groups in total. The van der Waals surface area contributed by atoms with E-state index >= 15 is 0 Å². The van der Waals surface area contributed by atoms with Gasteiger partial charge in [-0.25, -0.2) is 9.78 Å². The Morgan fingerprint density at radius 3 is 2.69 bits per heavy atom. The van der Waals surface area contributed by atoms with Crippen LogP contribution in [0.5, 0.6) is 0 Å². The first-order valence-electron chi connectivity index (χ1n) is 9.75. The van der Waals surface area contributed by atoms with Crippen LogP contribution in [-0.4, -0.2) is 40.4 Å². The topological polar surface area (TPSA) is 99.0 Å². The van der Waals surface area contributed by atoms with Crippen molar-refractivity contribution >= 4 is 50.5 Å². The number of nitrogens with one attached hydrogen (secondary N) is 1. The molecule has 3 heterocycles. The lowest BCUT2D eigenvalue weighted by Gasteiger charge is -2.09. The van der Waals surface area contributed by atoms with Gasteiger partial charge in [-0.3, -0.25) is 14.0 Å². The zero-order valence-corrected chi connectivity index (χ0v) is 18.7. The molecule has 10 heteroatoms. The number of aromatic nitrogens is 2. The number of thiophene rings is 1. The molecular formula is C22H19N3O5S2. The summed E-state index contributed by atoms with van der Waals surface area (Å²) in [6.45, 7) is 1.45. The molecule has 1 amide bonds. The molecule has 32 heavy (non-hydrogen) atoms. The summed E-state index contributed by atoms with van der Waals surface area (Å²) in [5, 5.41) is 6.69. The number of esters is 2. The highest BCUT2D eigenvalue weighted by Gasteiger charge is 2.23. The van der Waals surface area contributed by atoms with Crippen molar-refractivity contribution in [2.75, 3.05) is 18.5 Å². The molecule has 3 aromatic heterocycles. The molecule has 164 valence electrons. The summed E-state index contributed by atoms with van der Waals surface area (Å²) in [6.07, 6.45) is 3.56. The molecule has 0 atom stereocenters. The Balaban J connectivity index is 1.40. The number of nitrogens with zero attached hydrogens (tertiary/aromatic N) is 2. The first-order valence-corrected chi connectivity index (χ1v) is 11.5. The number of benzene rings is 1. The molecule has 4 rings (SSSR count). The summed E-state index contributed by atoms with van der Waals surface area (Å²) in [4.78, 5) is 42.2. The minimum absolute atomic E-state index is 0.0348. The van der Waals surface area contributed by atoms with Gasteiger partial charge >= 0.3 is 11.9 Å². The van der Waals surface area contributed by atoms with Crippen molar-refractivity contribution in [1.82, 2.24) is 9.38 Å². The number of carbonyl (C=O) groups excluding carboxylic acids is 3. The third kappa shape index (κ3) is 4.87. The quantitative estimate of drug-likeness (QED) is 0.391. The normalized spacial score (nSPS) is 10.8. The highest BCUT2D eigenvalue weighted by atomic mass is 32.1. The lowest BCUT2D eigenvalue weighted by molar-refractivity contribution is -0.146. The number of hydrogen-bond acceptors (Lipinski definition) is 8. The second kappa shape index (κ2) is 9.75. The van der Waals surface area contributed by atoms with E-state index in [1.165, 1.54) is 22.7 Å². The molecule has 0 aliphatic rings. The van der Waals surface area contributed by atoms with Gasteiger partial charge in [-0.15, -0.1) is 22.7 Å². The molecule has 4 aromatic rings. The third-order valence-corrected chi connectivity index (χ3v) is 6.11. The number of fused-ring (bicyclic) bond motifs is 1. The van der Waals surface area contributed by atoms with Gasteiger partial charge in [0.15, 0.2) is 11.6 Å². The van der Waals surface area contributed by atoms with Crippen LogP contribution < -0.4 is 5.32 Å². The van der Waals surface area contributed by atoms with Crippen molar-refractivity contribution in [2.45, 2.75) is 13.3 Å². The molecule has 0 radical (unpaired) electrons. The monoisotopic (exact) mass is 469 g/mol. The molecule has 8 nitrogen and oxygen atoms in total. The van der Waals surface area contributed by atoms with Crippen molar-refractivity contribution in [2.24, 2.45) is 0 Å². The van der Waals surface area contributed by atoms with Crippen molar-refractivity contribution in [3.05, 3.63) is 64.7 Å². The number of hydrogen-bond donors (Lipinski definition) is 1. The molecule has 0 saturated heterocycles. The van der Waals surface area contributed by atoms with Gasteiger partial charge in [-0.1, -0.05) is 30.3 Å². The smallest absolute Gasteiger partial charge is 0.341 e. The Labute approximate surface area is 191 Å². The molecule has 0 aliphatic carbocycles. The Morgan fingerprint density at radius 2 is 1.94 bits per heavy atom. The van der Waals surface area contributed by atoms with E-state index in [1.807, 2.05) is 46.3 Å². The Bertz CT molecular complexity index is 1230. The first-order chi connectivity index (χ1) is 15.5. The van der Waals surface area contributed by atoms with Crippen molar-refractivity contribution in [3.8, 4) is 11.1 Å². The summed E-state index contributed by atoms with van der Waals surface area (Å²) >= 11 is 2.67. The Kier molecular flexibility index (Phi) is 6.62. The van der Waals surface area contributed by atoms with Gasteiger partial charge in [0.1, 0.15) is 10.6 Å². The van der Waals surface area contributed by atoms with E-state index in [2.05, 4.69) is 10.3 Å². The zero-order valence-electron chi connectivity index (χ0n) is 17.1. The van der Waals surface area contributed by atoms with Crippen molar-refractivity contribution in [1.29, 1.82) is 0 Å². The van der Waals surface area contributed by atoms with Gasteiger partial charge in [-0.05, 0) is 12.5 Å². The number of amides is 1. The average Bonchev–Trinajstić information content (AvgIpc) is 3.48. The molecule has 0 bridgehead atoms. The summed E-state index contributed by atoms with van der Waals surface area (Å²) < 4.78 is 12.1. The number of anilines is 1. The van der Waals surface area contributed by atoms with Gasteiger partial charge in [0.05, 0.1) is 18.7 Å². The lowest BCUT2D eigenvalue weighted by atomic mass is 10.0. The minimum atomic E-state index is -0.562. The van der Waals surface area contributed by atoms with Crippen LogP contribution in [0, 0.1) is 0 Å². The van der Waals surface area contributed by atoms with Crippen molar-refractivity contribution < 1.29 is 23.9 Å². The minimum Gasteiger partial charge on any atom is -0.462 e. The van der Waals surface area contributed by atoms with Gasteiger partial charge in [0.25, 0.3) is 5.91 Å². The molecule has 0 unspecified atom stereocenters. The molecule has 0 fully saturated rings. The molecule has 1 aromatic carbocycles. The van der Waals surface area contributed by atoms with E-state index in [9.17, 15) is 14.4 Å². The van der Waals surface area contributed by atoms with E-state index in [0.29, 0.717) is 16.3 Å². The number of imidazole rings is 1. The first kappa shape index (κ1) is 21.7. The maximum absolute atomic E-state index is 12.6. The number of rotatable bonds is 8. The third-order valence-electron chi connectivity index (χ3n) is 4.44. The Morgan fingerprint density at radius 1 is 1.12 bits per heavy atom. The molecular weight excluding hydrogens is 450 g/mol. The largest absolute Gasteiger partial charge is 0.462 e. The van der Waals surface area contributed by atoms with Crippen LogP contribution in [0.25, 0.3) is 16.1 Å². The van der Waals surface area contributed by atoms with E-state index in [4.69, 9.17) is 9.47 Å². The van der Waals surface area contributed by atoms with Crippen LogP contribution in [0.1, 0.15) is 23.0 Å². The van der Waals surface area contributed by atoms with Crippen LogP contribution in [0.3, 0.4) is 0 Å². The second-order valence-electron chi connectivity index (χ2n) is 6.65. The van der Waals surface area contributed by atoms with E-state index < -0.39 is 24.5 Å². The van der Waals surface area contributed by atoms with Crippen molar-refractivity contribution in [3.63, 3.8) is 0 Å². The fourth-order valence-corrected chi connectivity index (χ4v) is 4.75. The fraction of sp³-hybridized carbons (Fsp3) is 0.182. The summed E-state index contributed by atoms with van der Waals surface area (Å²) in [6, 6.07) is 9.35. The van der Waals surface area contributed by atoms with E-state index in [1.54, 1.807) is 18.5 Å². The summed E-state index contributed by atoms with van der Waals surface area (Å²) in [5.41, 5.74) is 2.35. The van der Waals surface area contributed by atoms with Crippen LogP contribution >= 0.6 is 22.7 Å². The van der Waals surface area contributed by atoms with Crippen LogP contribution in [0.4, 0.5) is 5.00 Å². The number of ether oxygens (including phenoxy) is 2. The predicted octanol–water partition coefficient (Wildman–Crippen LogP) is 4.03. The molecule has 0 aliphatic heterocycles. The van der Waals surface area contributed by atoms with Gasteiger partial charge in [-0.2, -0.15) is 0 Å².